The molecule has 1 amide bonds. The summed E-state index contributed by atoms with van der Waals surface area (Å²) in [5.74, 6) is -0.173. The lowest BCUT2D eigenvalue weighted by Gasteiger charge is -2.07. The number of hydrogen-bond acceptors (Lipinski definition) is 3. The van der Waals surface area contributed by atoms with Crippen LogP contribution in [0.2, 0.25) is 10.3 Å². The van der Waals surface area contributed by atoms with Gasteiger partial charge in [0.2, 0.25) is 0 Å². The Hall–Kier alpha value is -2.14. The quantitative estimate of drug-likeness (QED) is 0.324. The highest BCUT2D eigenvalue weighted by Crippen LogP contribution is 2.16. The molecule has 6 heteroatoms. The van der Waals surface area contributed by atoms with E-state index in [4.69, 9.17) is 23.2 Å². The zero-order chi connectivity index (χ0) is 20.5. The highest BCUT2D eigenvalue weighted by Gasteiger charge is 2.07. The van der Waals surface area contributed by atoms with Gasteiger partial charge in [-0.1, -0.05) is 72.4 Å². The molecule has 4 nitrogen and oxygen atoms in total. The molecule has 0 bridgehead atoms. The Morgan fingerprint density at radius 1 is 0.828 bits per heavy atom. The molecule has 3 aromatic rings. The van der Waals surface area contributed by atoms with E-state index in [0.29, 0.717) is 12.1 Å². The fourth-order valence-corrected chi connectivity index (χ4v) is 3.67. The number of amides is 1. The molecule has 0 radical (unpaired) electrons. The number of carbonyl (C=O) groups excluding carboxylic acids is 1. The van der Waals surface area contributed by atoms with Crippen molar-refractivity contribution in [2.45, 2.75) is 32.2 Å². The average molecular weight is 430 g/mol. The molecule has 0 unspecified atom stereocenters. The van der Waals surface area contributed by atoms with Crippen LogP contribution in [0.15, 0.2) is 54.6 Å². The minimum atomic E-state index is -0.173. The number of aromatic nitrogens is 1. The lowest BCUT2D eigenvalue weighted by atomic mass is 10.1. The maximum atomic E-state index is 12.1. The monoisotopic (exact) mass is 429 g/mol. The third-order valence-corrected chi connectivity index (χ3v) is 5.12. The molecule has 2 N–H and O–H groups in total. The number of hydrogen-bond donors (Lipinski definition) is 2. The summed E-state index contributed by atoms with van der Waals surface area (Å²) >= 11 is 11.6. The first-order chi connectivity index (χ1) is 14.1. The second-order valence-electron chi connectivity index (χ2n) is 7.03. The van der Waals surface area contributed by atoms with Crippen LogP contribution in [0.1, 0.15) is 41.6 Å². The molecule has 29 heavy (non-hydrogen) atoms. The normalized spacial score (nSPS) is 11.0. The van der Waals surface area contributed by atoms with E-state index in [0.717, 1.165) is 38.8 Å². The van der Waals surface area contributed by atoms with Gasteiger partial charge in [-0.3, -0.25) is 4.79 Å². The van der Waals surface area contributed by atoms with Crippen molar-refractivity contribution in [3.8, 4) is 0 Å². The zero-order valence-corrected chi connectivity index (χ0v) is 17.8. The number of benzene rings is 2. The summed E-state index contributed by atoms with van der Waals surface area (Å²) in [5.41, 5.74) is 1.75. The van der Waals surface area contributed by atoms with Gasteiger partial charge < -0.3 is 10.6 Å². The molecule has 0 saturated heterocycles. The highest BCUT2D eigenvalue weighted by atomic mass is 35.5. The van der Waals surface area contributed by atoms with Gasteiger partial charge >= 0.3 is 0 Å². The summed E-state index contributed by atoms with van der Waals surface area (Å²) in [6.07, 6.45) is 4.28. The zero-order valence-electron chi connectivity index (χ0n) is 16.3. The van der Waals surface area contributed by atoms with Crippen molar-refractivity contribution in [3.63, 3.8) is 0 Å². The summed E-state index contributed by atoms with van der Waals surface area (Å²) in [7, 11) is 0. The number of fused-ring (bicyclic) bond motifs is 1. The van der Waals surface area contributed by atoms with E-state index in [1.165, 1.54) is 28.5 Å². The molecule has 1 aromatic heterocycles. The topological polar surface area (TPSA) is 54.0 Å². The van der Waals surface area contributed by atoms with Gasteiger partial charge in [-0.2, -0.15) is 0 Å². The summed E-state index contributed by atoms with van der Waals surface area (Å²) in [6, 6.07) is 18.1. The lowest BCUT2D eigenvalue weighted by molar-refractivity contribution is 0.0953. The van der Waals surface area contributed by atoms with Crippen molar-refractivity contribution in [1.29, 1.82) is 0 Å². The minimum absolute atomic E-state index is 0.173. The number of rotatable bonds is 10. The average Bonchev–Trinajstić information content (AvgIpc) is 2.71. The Bertz CT molecular complexity index is 942. The Balaban J connectivity index is 1.25. The van der Waals surface area contributed by atoms with Gasteiger partial charge in [-0.05, 0) is 53.9 Å². The number of nitrogens with one attached hydrogen (secondary N) is 2. The van der Waals surface area contributed by atoms with Gasteiger partial charge in [-0.15, -0.1) is 0 Å². The summed E-state index contributed by atoms with van der Waals surface area (Å²) in [4.78, 5) is 15.9. The maximum absolute atomic E-state index is 12.1. The van der Waals surface area contributed by atoms with Gasteiger partial charge in [0.05, 0.1) is 0 Å². The van der Waals surface area contributed by atoms with Crippen LogP contribution in [-0.2, 0) is 6.54 Å². The molecule has 152 valence electrons. The third-order valence-electron chi connectivity index (χ3n) is 4.73. The predicted molar refractivity (Wildman–Crippen MR) is 121 cm³/mol. The van der Waals surface area contributed by atoms with E-state index in [1.807, 2.05) is 0 Å². The molecule has 0 fully saturated rings. The summed E-state index contributed by atoms with van der Waals surface area (Å²) in [6.45, 7) is 2.52. The van der Waals surface area contributed by atoms with Crippen LogP contribution in [-0.4, -0.2) is 24.0 Å². The molecule has 0 atom stereocenters. The molecule has 2 aromatic carbocycles. The molecule has 0 saturated carbocycles. The molecule has 3 rings (SSSR count). The van der Waals surface area contributed by atoms with Gasteiger partial charge in [0.1, 0.15) is 10.3 Å². The van der Waals surface area contributed by atoms with E-state index in [-0.39, 0.29) is 16.2 Å². The van der Waals surface area contributed by atoms with E-state index in [2.05, 4.69) is 58.1 Å². The van der Waals surface area contributed by atoms with E-state index < -0.39 is 0 Å². The first-order valence-corrected chi connectivity index (χ1v) is 10.7. The summed E-state index contributed by atoms with van der Waals surface area (Å²) < 4.78 is 0. The molecule has 1 heterocycles. The van der Waals surface area contributed by atoms with Crippen LogP contribution in [0.4, 0.5) is 0 Å². The van der Waals surface area contributed by atoms with Crippen LogP contribution in [0, 0.1) is 0 Å². The first kappa shape index (κ1) is 21.6. The third kappa shape index (κ3) is 7.00. The van der Waals surface area contributed by atoms with E-state index in [1.54, 1.807) is 0 Å². The van der Waals surface area contributed by atoms with Gasteiger partial charge in [0.25, 0.3) is 5.91 Å². The van der Waals surface area contributed by atoms with Crippen LogP contribution in [0.3, 0.4) is 0 Å². The predicted octanol–water partition coefficient (Wildman–Crippen LogP) is 5.62. The molecule has 0 aliphatic rings. The standard InChI is InChI=1S/C23H25Cl2N3O/c24-21-14-20(15-22(25)28-21)23(29)27-12-6-2-1-5-11-26-16-17-9-10-18-7-3-4-8-19(18)13-17/h3-4,7-10,13-15,26H,1-2,5-6,11-12,16H2,(H,27,29). The molecular formula is C23H25Cl2N3O. The fourth-order valence-electron chi connectivity index (χ4n) is 3.21. The fraction of sp³-hybridized carbons (Fsp3) is 0.304. The van der Waals surface area contributed by atoms with Crippen LogP contribution in [0.25, 0.3) is 10.8 Å². The smallest absolute Gasteiger partial charge is 0.251 e. The van der Waals surface area contributed by atoms with Crippen LogP contribution >= 0.6 is 23.2 Å². The van der Waals surface area contributed by atoms with Crippen molar-refractivity contribution in [2.75, 3.05) is 13.1 Å². The lowest BCUT2D eigenvalue weighted by Crippen LogP contribution is -2.24. The van der Waals surface area contributed by atoms with Crippen molar-refractivity contribution < 1.29 is 4.79 Å². The van der Waals surface area contributed by atoms with E-state index >= 15 is 0 Å². The molecule has 0 spiro atoms. The van der Waals surface area contributed by atoms with Gasteiger partial charge in [-0.25, -0.2) is 4.98 Å². The van der Waals surface area contributed by atoms with Crippen molar-refractivity contribution in [3.05, 3.63) is 76.0 Å². The SMILES string of the molecule is O=C(NCCCCCCNCc1ccc2ccccc2c1)c1cc(Cl)nc(Cl)c1. The van der Waals surface area contributed by atoms with Crippen molar-refractivity contribution in [1.82, 2.24) is 15.6 Å². The Morgan fingerprint density at radius 2 is 1.52 bits per heavy atom. The largest absolute Gasteiger partial charge is 0.352 e. The Morgan fingerprint density at radius 3 is 2.28 bits per heavy atom. The number of nitrogens with zero attached hydrogens (tertiary/aromatic N) is 1. The van der Waals surface area contributed by atoms with Gasteiger partial charge in [0.15, 0.2) is 0 Å². The number of carbonyl (C=O) groups is 1. The highest BCUT2D eigenvalue weighted by molar-refractivity contribution is 6.33. The maximum Gasteiger partial charge on any atom is 0.251 e. The van der Waals surface area contributed by atoms with Crippen molar-refractivity contribution in [2.24, 2.45) is 0 Å². The number of pyridine rings is 1. The Labute approximate surface area is 181 Å². The van der Waals surface area contributed by atoms with Crippen LogP contribution < -0.4 is 10.6 Å². The molecular weight excluding hydrogens is 405 g/mol. The van der Waals surface area contributed by atoms with Crippen LogP contribution in [0.5, 0.6) is 0 Å². The molecule has 0 aliphatic heterocycles. The Kier molecular flexibility index (Phi) is 8.29. The molecule has 0 aliphatic carbocycles. The van der Waals surface area contributed by atoms with Crippen molar-refractivity contribution >= 4 is 39.9 Å². The summed E-state index contributed by atoms with van der Waals surface area (Å²) in [5, 5.41) is 9.40. The second-order valence-corrected chi connectivity index (χ2v) is 7.80. The minimum Gasteiger partial charge on any atom is -0.352 e. The van der Waals surface area contributed by atoms with Gasteiger partial charge in [0, 0.05) is 18.7 Å². The van der Waals surface area contributed by atoms with E-state index in [9.17, 15) is 4.79 Å². The number of unbranched alkanes of at least 4 members (excludes halogenated alkanes) is 3. The second kappa shape index (κ2) is 11.1. The first-order valence-electron chi connectivity index (χ1n) is 9.91. The number of halogens is 2.